The number of urea groups is 1. The zero-order chi connectivity index (χ0) is 30.6. The molecule has 3 aromatic heterocycles. The van der Waals surface area contributed by atoms with Crippen LogP contribution in [0.25, 0.3) is 33.5 Å². The number of hydrogen-bond donors (Lipinski definition) is 3. The van der Waals surface area contributed by atoms with Crippen LogP contribution in [0.15, 0.2) is 73.1 Å². The molecule has 1 aliphatic heterocycles. The van der Waals surface area contributed by atoms with Crippen molar-refractivity contribution in [2.75, 3.05) is 47.2 Å². The Morgan fingerprint density at radius 2 is 1.64 bits per heavy atom. The molecule has 6 rings (SSSR count). The van der Waals surface area contributed by atoms with Gasteiger partial charge in [0.2, 0.25) is 11.9 Å². The lowest BCUT2D eigenvalue weighted by molar-refractivity contribution is -0.114. The molecule has 0 saturated carbocycles. The third-order valence-corrected chi connectivity index (χ3v) is 6.84. The number of nitrogens with one attached hydrogen (secondary N) is 3. The van der Waals surface area contributed by atoms with Gasteiger partial charge in [0.1, 0.15) is 11.3 Å². The van der Waals surface area contributed by atoms with Gasteiger partial charge in [-0.25, -0.2) is 24.1 Å². The summed E-state index contributed by atoms with van der Waals surface area (Å²) in [5.41, 5.74) is 3.31. The van der Waals surface area contributed by atoms with Crippen LogP contribution in [0.1, 0.15) is 6.92 Å². The van der Waals surface area contributed by atoms with Crippen LogP contribution in [0, 0.1) is 11.8 Å². The number of ether oxygens (including phenoxy) is 1. The fourth-order valence-corrected chi connectivity index (χ4v) is 4.76. The fraction of sp³-hybridized carbons (Fsp3) is 0.161. The van der Waals surface area contributed by atoms with Crippen molar-refractivity contribution in [3.05, 3.63) is 84.8 Å². The second-order valence-electron chi connectivity index (χ2n) is 9.94. The van der Waals surface area contributed by atoms with Crippen molar-refractivity contribution in [3.8, 4) is 22.5 Å². The summed E-state index contributed by atoms with van der Waals surface area (Å²) in [6.07, 6.45) is 2.97. The zero-order valence-electron chi connectivity index (χ0n) is 23.5. The van der Waals surface area contributed by atoms with Crippen LogP contribution in [0.3, 0.4) is 0 Å². The minimum absolute atomic E-state index is 0.0485. The molecule has 13 heteroatoms. The van der Waals surface area contributed by atoms with E-state index in [4.69, 9.17) is 14.7 Å². The molecule has 1 fully saturated rings. The zero-order valence-corrected chi connectivity index (χ0v) is 23.5. The van der Waals surface area contributed by atoms with Gasteiger partial charge in [0, 0.05) is 60.5 Å². The lowest BCUT2D eigenvalue weighted by Crippen LogP contribution is -2.37. The Kier molecular flexibility index (Phi) is 8.02. The van der Waals surface area contributed by atoms with Crippen molar-refractivity contribution in [2.45, 2.75) is 6.92 Å². The summed E-state index contributed by atoms with van der Waals surface area (Å²) < 4.78 is 34.4. The molecule has 44 heavy (non-hydrogen) atoms. The van der Waals surface area contributed by atoms with E-state index >= 15 is 0 Å². The molecular formula is C31H26F2N8O3. The minimum atomic E-state index is -0.699. The summed E-state index contributed by atoms with van der Waals surface area (Å²) in [7, 11) is 0. The molecular weight excluding hydrogens is 570 g/mol. The quantitative estimate of drug-likeness (QED) is 0.220. The van der Waals surface area contributed by atoms with E-state index in [9.17, 15) is 18.4 Å². The first-order valence-corrected chi connectivity index (χ1v) is 13.7. The molecule has 3 N–H and O–H groups in total. The molecule has 11 nitrogen and oxygen atoms in total. The summed E-state index contributed by atoms with van der Waals surface area (Å²) in [5, 5.41) is 7.60. The second kappa shape index (κ2) is 12.4. The van der Waals surface area contributed by atoms with E-state index in [2.05, 4.69) is 30.8 Å². The number of aromatic nitrogens is 4. The highest BCUT2D eigenvalue weighted by molar-refractivity contribution is 6.00. The van der Waals surface area contributed by atoms with Gasteiger partial charge in [-0.2, -0.15) is 4.39 Å². The van der Waals surface area contributed by atoms with E-state index in [-0.39, 0.29) is 17.3 Å². The Morgan fingerprint density at radius 3 is 2.36 bits per heavy atom. The highest BCUT2D eigenvalue weighted by atomic mass is 19.1. The molecule has 1 aliphatic rings. The molecule has 5 aromatic rings. The highest BCUT2D eigenvalue weighted by Gasteiger charge is 2.20. The van der Waals surface area contributed by atoms with Gasteiger partial charge in [-0.3, -0.25) is 9.78 Å². The standard InChI is InChI=1S/C31H26F2N8O3/c1-18(42)36-22-8-9-25(24(32)16-22)39-31(43)37-21-6-4-19(5-7-21)29-38-26-15-20(23-3-2-10-34-28(23)33)17-35-27(26)30(40-29)41-11-13-44-14-12-41/h2-10,15-17H,11-14H2,1H3,(H,36,42)(H2,37,39,43). The van der Waals surface area contributed by atoms with E-state index < -0.39 is 17.8 Å². The molecule has 222 valence electrons. The number of halogens is 2. The first kappa shape index (κ1) is 28.6. The van der Waals surface area contributed by atoms with Gasteiger partial charge < -0.3 is 25.6 Å². The monoisotopic (exact) mass is 596 g/mol. The Hall–Kier alpha value is -5.56. The number of fused-ring (bicyclic) bond motifs is 1. The predicted molar refractivity (Wildman–Crippen MR) is 162 cm³/mol. The lowest BCUT2D eigenvalue weighted by atomic mass is 10.1. The number of carbonyl (C=O) groups is 2. The minimum Gasteiger partial charge on any atom is -0.378 e. The van der Waals surface area contributed by atoms with Gasteiger partial charge in [0.25, 0.3) is 0 Å². The number of hydrogen-bond acceptors (Lipinski definition) is 8. The number of rotatable bonds is 6. The topological polar surface area (TPSA) is 134 Å². The van der Waals surface area contributed by atoms with Crippen LogP contribution in [0.5, 0.6) is 0 Å². The Morgan fingerprint density at radius 1 is 0.864 bits per heavy atom. The van der Waals surface area contributed by atoms with Crippen molar-refractivity contribution in [3.63, 3.8) is 0 Å². The summed E-state index contributed by atoms with van der Waals surface area (Å²) >= 11 is 0. The van der Waals surface area contributed by atoms with Crippen LogP contribution in [-0.4, -0.2) is 58.2 Å². The number of pyridine rings is 2. The summed E-state index contributed by atoms with van der Waals surface area (Å²) in [4.78, 5) is 43.8. The SMILES string of the molecule is CC(=O)Nc1ccc(NC(=O)Nc2ccc(-c3nc(N4CCOCC4)c4ncc(-c5cccnc5F)cc4n3)cc2)c(F)c1. The van der Waals surface area contributed by atoms with Crippen molar-refractivity contribution < 1.29 is 23.1 Å². The van der Waals surface area contributed by atoms with E-state index in [1.54, 1.807) is 48.7 Å². The first-order valence-electron chi connectivity index (χ1n) is 13.7. The molecule has 0 atom stereocenters. The number of amides is 3. The third kappa shape index (κ3) is 6.27. The molecule has 0 spiro atoms. The van der Waals surface area contributed by atoms with Gasteiger partial charge in [-0.05, 0) is 60.7 Å². The second-order valence-corrected chi connectivity index (χ2v) is 9.94. The molecule has 1 saturated heterocycles. The van der Waals surface area contributed by atoms with E-state index in [0.717, 1.165) is 6.07 Å². The van der Waals surface area contributed by atoms with Crippen molar-refractivity contribution in [1.82, 2.24) is 19.9 Å². The summed E-state index contributed by atoms with van der Waals surface area (Å²) in [6.45, 7) is 3.66. The maximum absolute atomic E-state index is 14.5. The van der Waals surface area contributed by atoms with Crippen LogP contribution >= 0.6 is 0 Å². The van der Waals surface area contributed by atoms with E-state index in [1.807, 2.05) is 0 Å². The van der Waals surface area contributed by atoms with Crippen LogP contribution in [0.4, 0.5) is 36.5 Å². The highest BCUT2D eigenvalue weighted by Crippen LogP contribution is 2.31. The van der Waals surface area contributed by atoms with E-state index in [0.29, 0.717) is 71.4 Å². The molecule has 2 aromatic carbocycles. The largest absolute Gasteiger partial charge is 0.378 e. The predicted octanol–water partition coefficient (Wildman–Crippen LogP) is 5.47. The average molecular weight is 597 g/mol. The van der Waals surface area contributed by atoms with Gasteiger partial charge in [0.05, 0.1) is 24.4 Å². The average Bonchev–Trinajstić information content (AvgIpc) is 3.02. The van der Waals surface area contributed by atoms with Crippen LogP contribution < -0.4 is 20.9 Å². The molecule has 0 radical (unpaired) electrons. The van der Waals surface area contributed by atoms with Gasteiger partial charge >= 0.3 is 6.03 Å². The third-order valence-electron chi connectivity index (χ3n) is 6.84. The number of morpholine rings is 1. The molecule has 4 heterocycles. The number of benzene rings is 2. The van der Waals surface area contributed by atoms with Crippen molar-refractivity contribution in [2.24, 2.45) is 0 Å². The fourth-order valence-electron chi connectivity index (χ4n) is 4.76. The summed E-state index contributed by atoms with van der Waals surface area (Å²) in [6, 6.07) is 15.2. The van der Waals surface area contributed by atoms with Gasteiger partial charge in [-0.15, -0.1) is 0 Å². The molecule has 0 aliphatic carbocycles. The molecule has 3 amide bonds. The maximum atomic E-state index is 14.5. The Bertz CT molecular complexity index is 1860. The van der Waals surface area contributed by atoms with E-state index in [1.165, 1.54) is 25.3 Å². The van der Waals surface area contributed by atoms with Crippen LogP contribution in [0.2, 0.25) is 0 Å². The molecule has 0 unspecified atom stereocenters. The van der Waals surface area contributed by atoms with Crippen molar-refractivity contribution >= 4 is 45.9 Å². The Labute approximate surface area is 250 Å². The maximum Gasteiger partial charge on any atom is 0.323 e. The molecule has 0 bridgehead atoms. The summed E-state index contributed by atoms with van der Waals surface area (Å²) in [5.74, 6) is -0.579. The van der Waals surface area contributed by atoms with Gasteiger partial charge in [-0.1, -0.05) is 0 Å². The normalized spacial score (nSPS) is 13.0. The first-order chi connectivity index (χ1) is 21.3. The lowest BCUT2D eigenvalue weighted by Gasteiger charge is -2.28. The number of carbonyl (C=O) groups excluding carboxylic acids is 2. The Balaban J connectivity index is 1.26. The van der Waals surface area contributed by atoms with Gasteiger partial charge in [0.15, 0.2) is 11.6 Å². The van der Waals surface area contributed by atoms with Crippen LogP contribution in [-0.2, 0) is 9.53 Å². The smallest absolute Gasteiger partial charge is 0.323 e. The number of nitrogens with zero attached hydrogens (tertiary/aromatic N) is 5. The number of anilines is 4. The van der Waals surface area contributed by atoms with Crippen molar-refractivity contribution in [1.29, 1.82) is 0 Å².